The summed E-state index contributed by atoms with van der Waals surface area (Å²) in [7, 11) is 0. The van der Waals surface area contributed by atoms with Gasteiger partial charge in [0.1, 0.15) is 0 Å². The number of carbonyl (C=O) groups is 2. The number of carbonyl (C=O) groups excluding carboxylic acids is 2. The molecular weight excluding hydrogens is 448 g/mol. The van der Waals surface area contributed by atoms with E-state index in [1.165, 1.54) is 4.68 Å². The highest BCUT2D eigenvalue weighted by atomic mass is 35.5. The molecule has 34 heavy (non-hydrogen) atoms. The summed E-state index contributed by atoms with van der Waals surface area (Å²) in [6.07, 6.45) is 3.59. The summed E-state index contributed by atoms with van der Waals surface area (Å²) in [6.45, 7) is 7.94. The van der Waals surface area contributed by atoms with Crippen LogP contribution in [0.2, 0.25) is 5.02 Å². The van der Waals surface area contributed by atoms with Crippen molar-refractivity contribution in [1.29, 1.82) is 0 Å². The normalized spacial score (nSPS) is 12.7. The fraction of sp³-hybridized carbons (Fsp3) is 0.321. The highest BCUT2D eigenvalue weighted by Gasteiger charge is 2.32. The number of hydrogen-bond acceptors (Lipinski definition) is 4. The summed E-state index contributed by atoms with van der Waals surface area (Å²) in [4.78, 5) is 26.3. The second kappa shape index (κ2) is 11.8. The molecule has 0 radical (unpaired) electrons. The van der Waals surface area contributed by atoms with E-state index in [9.17, 15) is 9.59 Å². The maximum atomic E-state index is 13.2. The molecule has 0 aliphatic carbocycles. The Hall–Kier alpha value is -3.18. The van der Waals surface area contributed by atoms with Gasteiger partial charge in [-0.05, 0) is 44.4 Å². The van der Waals surface area contributed by atoms with Gasteiger partial charge in [0, 0.05) is 28.3 Å². The molecule has 3 aromatic rings. The van der Waals surface area contributed by atoms with Gasteiger partial charge in [-0.2, -0.15) is 5.10 Å². The number of allylic oxidation sites excluding steroid dienone is 1. The van der Waals surface area contributed by atoms with Crippen LogP contribution in [0.4, 0.5) is 0 Å². The van der Waals surface area contributed by atoms with Crippen LogP contribution in [-0.4, -0.2) is 28.3 Å². The lowest BCUT2D eigenvalue weighted by Gasteiger charge is -2.23. The first-order valence-corrected chi connectivity index (χ1v) is 12.0. The minimum Gasteiger partial charge on any atom is -0.463 e. The number of nitrogens with zero attached hydrogens (tertiary/aromatic N) is 2. The summed E-state index contributed by atoms with van der Waals surface area (Å²) in [6, 6.07) is 17.0. The fourth-order valence-electron chi connectivity index (χ4n) is 4.18. The molecule has 1 heterocycles. The molecule has 1 aromatic heterocycles. The van der Waals surface area contributed by atoms with Gasteiger partial charge in [-0.25, -0.2) is 9.48 Å². The van der Waals surface area contributed by atoms with E-state index in [1.807, 2.05) is 68.4 Å². The molecule has 0 saturated heterocycles. The van der Waals surface area contributed by atoms with Crippen LogP contribution in [-0.2, 0) is 16.0 Å². The first-order chi connectivity index (χ1) is 16.4. The van der Waals surface area contributed by atoms with E-state index in [0.717, 1.165) is 35.1 Å². The van der Waals surface area contributed by atoms with Crippen molar-refractivity contribution >= 4 is 23.5 Å². The highest BCUT2D eigenvalue weighted by Crippen LogP contribution is 2.40. The van der Waals surface area contributed by atoms with E-state index in [4.69, 9.17) is 16.3 Å². The van der Waals surface area contributed by atoms with E-state index in [0.29, 0.717) is 16.3 Å². The average Bonchev–Trinajstić information content (AvgIpc) is 3.20. The molecule has 1 unspecified atom stereocenters. The van der Waals surface area contributed by atoms with Crippen molar-refractivity contribution < 1.29 is 14.3 Å². The van der Waals surface area contributed by atoms with Crippen molar-refractivity contribution in [3.63, 3.8) is 0 Å². The third kappa shape index (κ3) is 5.84. The van der Waals surface area contributed by atoms with Crippen molar-refractivity contribution in [1.82, 2.24) is 9.78 Å². The molecule has 0 saturated carbocycles. The molecule has 0 aliphatic heterocycles. The Morgan fingerprint density at radius 2 is 1.71 bits per heavy atom. The Bertz CT molecular complexity index is 1180. The monoisotopic (exact) mass is 478 g/mol. The third-order valence-electron chi connectivity index (χ3n) is 5.79. The van der Waals surface area contributed by atoms with Gasteiger partial charge in [0.05, 0.1) is 18.7 Å². The number of ether oxygens (including phenoxy) is 1. The lowest BCUT2D eigenvalue weighted by Crippen LogP contribution is -2.19. The van der Waals surface area contributed by atoms with Crippen molar-refractivity contribution in [2.24, 2.45) is 0 Å². The second-order valence-corrected chi connectivity index (χ2v) is 8.70. The van der Waals surface area contributed by atoms with Gasteiger partial charge >= 0.3 is 5.97 Å². The number of esters is 1. The lowest BCUT2D eigenvalue weighted by molar-refractivity contribution is -0.138. The standard InChI is InChI=1S/C28H31ClN2O3/c1-5-12-19(3)26(28(33)34-6-2)27(22-15-10-11-16-24(22)29)23-18-31(30-20(23)4)25(32)17-21-13-8-7-9-14-21/h7-11,13-16,18,27H,5-6,12,17H2,1-4H3/b26-19-. The van der Waals surface area contributed by atoms with Crippen LogP contribution in [0.1, 0.15) is 66.7 Å². The number of halogens is 1. The third-order valence-corrected chi connectivity index (χ3v) is 6.13. The molecule has 0 bridgehead atoms. The number of aryl methyl sites for hydroxylation is 1. The largest absolute Gasteiger partial charge is 0.463 e. The zero-order valence-electron chi connectivity index (χ0n) is 20.2. The smallest absolute Gasteiger partial charge is 0.334 e. The van der Waals surface area contributed by atoms with Gasteiger partial charge in [-0.3, -0.25) is 4.79 Å². The van der Waals surface area contributed by atoms with Crippen molar-refractivity contribution in [3.8, 4) is 0 Å². The minimum absolute atomic E-state index is 0.148. The number of aromatic nitrogens is 2. The SMILES string of the molecule is CCC/C(C)=C(\C(=O)OCC)C(c1ccccc1Cl)c1cn(C(=O)Cc2ccccc2)nc1C. The topological polar surface area (TPSA) is 61.2 Å². The molecule has 0 fully saturated rings. The van der Waals surface area contributed by atoms with Gasteiger partial charge in [0.25, 0.3) is 5.91 Å². The van der Waals surface area contributed by atoms with Gasteiger partial charge in [0.15, 0.2) is 0 Å². The van der Waals surface area contributed by atoms with Crippen LogP contribution >= 0.6 is 11.6 Å². The van der Waals surface area contributed by atoms with Crippen LogP contribution in [0.25, 0.3) is 0 Å². The summed E-state index contributed by atoms with van der Waals surface area (Å²) < 4.78 is 6.85. The molecule has 5 nitrogen and oxygen atoms in total. The van der Waals surface area contributed by atoms with Crippen molar-refractivity contribution in [2.45, 2.75) is 52.9 Å². The highest BCUT2D eigenvalue weighted by molar-refractivity contribution is 6.31. The van der Waals surface area contributed by atoms with E-state index < -0.39 is 5.92 Å². The molecular formula is C28H31ClN2O3. The van der Waals surface area contributed by atoms with Crippen LogP contribution in [0.15, 0.2) is 71.9 Å². The summed E-state index contributed by atoms with van der Waals surface area (Å²) >= 11 is 6.64. The molecule has 178 valence electrons. The maximum Gasteiger partial charge on any atom is 0.334 e. The summed E-state index contributed by atoms with van der Waals surface area (Å²) in [5, 5.41) is 5.07. The minimum atomic E-state index is -0.502. The molecule has 0 N–H and O–H groups in total. The molecule has 0 aliphatic rings. The van der Waals surface area contributed by atoms with E-state index >= 15 is 0 Å². The van der Waals surface area contributed by atoms with E-state index in [-0.39, 0.29) is 24.9 Å². The second-order valence-electron chi connectivity index (χ2n) is 8.29. The van der Waals surface area contributed by atoms with Crippen molar-refractivity contribution in [3.05, 3.63) is 99.3 Å². The Morgan fingerprint density at radius 1 is 1.03 bits per heavy atom. The molecule has 1 atom stereocenters. The molecule has 6 heteroatoms. The predicted molar refractivity (Wildman–Crippen MR) is 135 cm³/mol. The Labute approximate surface area is 206 Å². The summed E-state index contributed by atoms with van der Waals surface area (Å²) in [5.74, 6) is -1.02. The molecule has 0 amide bonds. The van der Waals surface area contributed by atoms with Crippen LogP contribution in [0.3, 0.4) is 0 Å². The Balaban J connectivity index is 2.14. The van der Waals surface area contributed by atoms with Gasteiger partial charge in [0.2, 0.25) is 0 Å². The van der Waals surface area contributed by atoms with E-state index in [1.54, 1.807) is 13.1 Å². The Kier molecular flexibility index (Phi) is 8.83. The lowest BCUT2D eigenvalue weighted by atomic mass is 9.82. The Morgan fingerprint density at radius 3 is 2.35 bits per heavy atom. The first-order valence-electron chi connectivity index (χ1n) is 11.6. The number of benzene rings is 2. The van der Waals surface area contributed by atoms with Gasteiger partial charge in [-0.15, -0.1) is 0 Å². The van der Waals surface area contributed by atoms with Crippen molar-refractivity contribution in [2.75, 3.05) is 6.61 Å². The zero-order valence-corrected chi connectivity index (χ0v) is 20.9. The first kappa shape index (κ1) is 25.4. The number of hydrogen-bond donors (Lipinski definition) is 0. The van der Waals surface area contributed by atoms with Crippen LogP contribution in [0.5, 0.6) is 0 Å². The van der Waals surface area contributed by atoms with Crippen LogP contribution < -0.4 is 0 Å². The maximum absolute atomic E-state index is 13.2. The van der Waals surface area contributed by atoms with Crippen LogP contribution in [0, 0.1) is 6.92 Å². The average molecular weight is 479 g/mol. The van der Waals surface area contributed by atoms with Gasteiger partial charge < -0.3 is 4.74 Å². The number of rotatable bonds is 9. The molecule has 2 aromatic carbocycles. The zero-order chi connectivity index (χ0) is 24.7. The molecule has 3 rings (SSSR count). The fourth-order valence-corrected chi connectivity index (χ4v) is 4.43. The molecule has 0 spiro atoms. The van der Waals surface area contributed by atoms with E-state index in [2.05, 4.69) is 12.0 Å². The van der Waals surface area contributed by atoms with Gasteiger partial charge in [-0.1, -0.05) is 79.0 Å². The predicted octanol–water partition coefficient (Wildman–Crippen LogP) is 6.54. The summed E-state index contributed by atoms with van der Waals surface area (Å²) in [5.41, 5.74) is 4.60. The quantitative estimate of drug-likeness (QED) is 0.259.